The Bertz CT molecular complexity index is 1900. The predicted molar refractivity (Wildman–Crippen MR) is 168 cm³/mol. The summed E-state index contributed by atoms with van der Waals surface area (Å²) in [5.41, 5.74) is 6.92. The highest BCUT2D eigenvalue weighted by molar-refractivity contribution is 6.08. The second kappa shape index (κ2) is 11.5. The van der Waals surface area contributed by atoms with Gasteiger partial charge in [0.1, 0.15) is 23.6 Å². The molecule has 0 aliphatic carbocycles. The Hall–Kier alpha value is -5.72. The number of rotatable bonds is 5. The van der Waals surface area contributed by atoms with E-state index in [1.54, 1.807) is 6.07 Å². The lowest BCUT2D eigenvalue weighted by atomic mass is 9.93. The molecule has 0 bridgehead atoms. The lowest BCUT2D eigenvalue weighted by Crippen LogP contribution is -2.48. The minimum absolute atomic E-state index is 0.0743. The first-order valence-electron chi connectivity index (χ1n) is 14.4. The molecule has 3 heterocycles. The Morgan fingerprint density at radius 1 is 0.909 bits per heavy atom. The van der Waals surface area contributed by atoms with Crippen molar-refractivity contribution in [3.63, 3.8) is 0 Å². The van der Waals surface area contributed by atoms with Crippen molar-refractivity contribution in [3.8, 4) is 17.3 Å². The number of nitrogens with zero attached hydrogens (tertiary/aromatic N) is 4. The van der Waals surface area contributed by atoms with Crippen molar-refractivity contribution in [1.29, 1.82) is 5.26 Å². The highest BCUT2D eigenvalue weighted by Crippen LogP contribution is 2.39. The average molecular weight is 581 g/mol. The van der Waals surface area contributed by atoms with E-state index in [2.05, 4.69) is 37.7 Å². The van der Waals surface area contributed by atoms with Crippen LogP contribution in [-0.4, -0.2) is 48.0 Å². The van der Waals surface area contributed by atoms with Gasteiger partial charge in [0, 0.05) is 48.7 Å². The van der Waals surface area contributed by atoms with Gasteiger partial charge in [-0.2, -0.15) is 5.26 Å². The number of benzene rings is 4. The number of piperazine rings is 1. The fourth-order valence-electron chi connectivity index (χ4n) is 6.14. The van der Waals surface area contributed by atoms with Crippen LogP contribution in [0.15, 0.2) is 108 Å². The van der Waals surface area contributed by atoms with Gasteiger partial charge in [0.15, 0.2) is 0 Å². The molecule has 44 heavy (non-hydrogen) atoms. The molecule has 2 amide bonds. The van der Waals surface area contributed by atoms with Crippen LogP contribution in [0.3, 0.4) is 0 Å². The molecule has 9 heteroatoms. The third-order valence-electron chi connectivity index (χ3n) is 8.26. The van der Waals surface area contributed by atoms with Crippen LogP contribution in [0.1, 0.15) is 43.4 Å². The summed E-state index contributed by atoms with van der Waals surface area (Å²) in [4.78, 5) is 30.8. The van der Waals surface area contributed by atoms with Crippen LogP contribution in [-0.2, 0) is 0 Å². The molecular weight excluding hydrogens is 552 g/mol. The number of para-hydroxylation sites is 1. The summed E-state index contributed by atoms with van der Waals surface area (Å²) in [5, 5.41) is 20.0. The molecule has 2 aliphatic heterocycles. The summed E-state index contributed by atoms with van der Waals surface area (Å²) in [7, 11) is 0. The maximum atomic E-state index is 13.1. The molecule has 1 atom stereocenters. The standard InChI is InChI=1S/C35H28N6O3/c36-21-24-20-25(37-35(43)29-22-44-39-32(29)23-8-2-1-3-9-23)14-15-31(24)40-16-18-41(19-17-40)33-26-10-4-5-11-27(26)34(42)38-30-13-7-6-12-28(30)33/h1-15,20,22,33H,16-19H2,(H,37,43)(H,38,42). The van der Waals surface area contributed by atoms with Crippen LogP contribution in [0.5, 0.6) is 0 Å². The number of carbonyl (C=O) groups excluding carboxylic acids is 2. The number of fused-ring (bicyclic) bond motifs is 2. The van der Waals surface area contributed by atoms with Crippen LogP contribution in [0.2, 0.25) is 0 Å². The monoisotopic (exact) mass is 580 g/mol. The summed E-state index contributed by atoms with van der Waals surface area (Å²) < 4.78 is 5.11. The van der Waals surface area contributed by atoms with Gasteiger partial charge in [-0.05, 0) is 41.5 Å². The fourth-order valence-corrected chi connectivity index (χ4v) is 6.14. The molecule has 0 spiro atoms. The number of hydrogen-bond donors (Lipinski definition) is 2. The Labute approximate surface area is 254 Å². The van der Waals surface area contributed by atoms with E-state index in [0.29, 0.717) is 41.2 Å². The molecule has 9 nitrogen and oxygen atoms in total. The van der Waals surface area contributed by atoms with E-state index >= 15 is 0 Å². The van der Waals surface area contributed by atoms with Crippen LogP contribution in [0.4, 0.5) is 17.1 Å². The molecular formula is C35H28N6O3. The second-order valence-corrected chi connectivity index (χ2v) is 10.8. The van der Waals surface area contributed by atoms with E-state index in [0.717, 1.165) is 41.2 Å². The minimum atomic E-state index is -0.368. The Morgan fingerprint density at radius 3 is 2.43 bits per heavy atom. The molecule has 1 fully saturated rings. The predicted octanol–water partition coefficient (Wildman–Crippen LogP) is 5.94. The van der Waals surface area contributed by atoms with Gasteiger partial charge in [0.2, 0.25) is 0 Å². The fraction of sp³-hybridized carbons (Fsp3) is 0.143. The van der Waals surface area contributed by atoms with Crippen molar-refractivity contribution < 1.29 is 14.1 Å². The molecule has 1 aromatic heterocycles. The number of carbonyl (C=O) groups is 2. The van der Waals surface area contributed by atoms with Gasteiger partial charge in [-0.1, -0.05) is 71.9 Å². The summed E-state index contributed by atoms with van der Waals surface area (Å²) in [6.45, 7) is 2.87. The van der Waals surface area contributed by atoms with Crippen LogP contribution < -0.4 is 15.5 Å². The van der Waals surface area contributed by atoms with Crippen molar-refractivity contribution in [2.24, 2.45) is 0 Å². The minimum Gasteiger partial charge on any atom is -0.368 e. The topological polar surface area (TPSA) is 114 Å². The Kier molecular flexibility index (Phi) is 7.10. The smallest absolute Gasteiger partial charge is 0.261 e. The van der Waals surface area contributed by atoms with Crippen LogP contribution >= 0.6 is 0 Å². The summed E-state index contributed by atoms with van der Waals surface area (Å²) in [6.07, 6.45) is 1.33. The van der Waals surface area contributed by atoms with Crippen molar-refractivity contribution in [2.75, 3.05) is 41.7 Å². The number of amides is 2. The lowest BCUT2D eigenvalue weighted by Gasteiger charge is -2.41. The molecule has 2 N–H and O–H groups in total. The number of anilines is 3. The first kappa shape index (κ1) is 27.1. The van der Waals surface area contributed by atoms with Gasteiger partial charge in [0.25, 0.3) is 11.8 Å². The molecule has 5 aromatic rings. The highest BCUT2D eigenvalue weighted by atomic mass is 16.5. The van der Waals surface area contributed by atoms with Crippen molar-refractivity contribution in [1.82, 2.24) is 10.1 Å². The Morgan fingerprint density at radius 2 is 1.64 bits per heavy atom. The number of aromatic nitrogens is 1. The third kappa shape index (κ3) is 4.97. The van der Waals surface area contributed by atoms with Gasteiger partial charge in [0.05, 0.1) is 17.3 Å². The van der Waals surface area contributed by atoms with E-state index in [4.69, 9.17) is 4.52 Å². The van der Waals surface area contributed by atoms with Crippen LogP contribution in [0.25, 0.3) is 11.3 Å². The van der Waals surface area contributed by atoms with Crippen LogP contribution in [0, 0.1) is 11.3 Å². The second-order valence-electron chi connectivity index (χ2n) is 10.8. The van der Waals surface area contributed by atoms with E-state index in [-0.39, 0.29) is 17.9 Å². The zero-order valence-electron chi connectivity index (χ0n) is 23.7. The third-order valence-corrected chi connectivity index (χ3v) is 8.26. The first-order valence-corrected chi connectivity index (χ1v) is 14.4. The van der Waals surface area contributed by atoms with E-state index in [1.807, 2.05) is 84.9 Å². The number of nitrogens with one attached hydrogen (secondary N) is 2. The summed E-state index contributed by atoms with van der Waals surface area (Å²) in [6, 6.07) is 32.8. The average Bonchev–Trinajstić information content (AvgIpc) is 3.53. The maximum Gasteiger partial charge on any atom is 0.261 e. The first-order chi connectivity index (χ1) is 21.6. The SMILES string of the molecule is N#Cc1cc(NC(=O)c2conc2-c2ccccc2)ccc1N1CCN(C2c3ccccc3NC(=O)c3ccccc32)CC1. The largest absolute Gasteiger partial charge is 0.368 e. The van der Waals surface area contributed by atoms with Gasteiger partial charge < -0.3 is 20.1 Å². The van der Waals surface area contributed by atoms with Gasteiger partial charge in [-0.15, -0.1) is 0 Å². The molecule has 216 valence electrons. The summed E-state index contributed by atoms with van der Waals surface area (Å²) in [5.74, 6) is -0.465. The van der Waals surface area contributed by atoms with E-state index in [9.17, 15) is 14.9 Å². The molecule has 2 aliphatic rings. The molecule has 1 saturated heterocycles. The van der Waals surface area contributed by atoms with Gasteiger partial charge in [-0.25, -0.2) is 0 Å². The molecule has 0 saturated carbocycles. The molecule has 4 aromatic carbocycles. The quantitative estimate of drug-likeness (QED) is 0.264. The summed E-state index contributed by atoms with van der Waals surface area (Å²) >= 11 is 0. The zero-order chi connectivity index (χ0) is 30.0. The van der Waals surface area contributed by atoms with E-state index in [1.165, 1.54) is 6.26 Å². The van der Waals surface area contributed by atoms with E-state index < -0.39 is 0 Å². The lowest BCUT2D eigenvalue weighted by molar-refractivity contribution is 0.101. The number of nitriles is 1. The van der Waals surface area contributed by atoms with Crippen molar-refractivity contribution in [2.45, 2.75) is 6.04 Å². The highest BCUT2D eigenvalue weighted by Gasteiger charge is 2.33. The molecule has 7 rings (SSSR count). The molecule has 0 radical (unpaired) electrons. The Balaban J connectivity index is 1.09. The van der Waals surface area contributed by atoms with Gasteiger partial charge in [-0.3, -0.25) is 14.5 Å². The van der Waals surface area contributed by atoms with Crippen molar-refractivity contribution in [3.05, 3.63) is 131 Å². The van der Waals surface area contributed by atoms with Gasteiger partial charge >= 0.3 is 0 Å². The molecule has 1 unspecified atom stereocenters. The zero-order valence-corrected chi connectivity index (χ0v) is 23.7. The number of hydrogen-bond acceptors (Lipinski definition) is 7. The maximum absolute atomic E-state index is 13.1. The van der Waals surface area contributed by atoms with Crippen molar-refractivity contribution >= 4 is 28.9 Å². The normalized spacial score (nSPS) is 16.2.